The molecule has 150 valence electrons. The molecule has 2 aromatic heterocycles. The first-order valence-corrected chi connectivity index (χ1v) is 9.54. The van der Waals surface area contributed by atoms with Gasteiger partial charge < -0.3 is 14.5 Å². The van der Waals surface area contributed by atoms with E-state index in [9.17, 15) is 9.59 Å². The van der Waals surface area contributed by atoms with Gasteiger partial charge in [0.1, 0.15) is 23.3 Å². The molecule has 0 saturated carbocycles. The van der Waals surface area contributed by atoms with Gasteiger partial charge in [0.05, 0.1) is 0 Å². The van der Waals surface area contributed by atoms with Gasteiger partial charge in [-0.3, -0.25) is 9.89 Å². The van der Waals surface area contributed by atoms with Crippen LogP contribution in [0.2, 0.25) is 0 Å². The number of benzene rings is 1. The highest BCUT2D eigenvalue weighted by atomic mass is 16.5. The zero-order valence-corrected chi connectivity index (χ0v) is 16.3. The largest absolute Gasteiger partial charge is 0.424 e. The Kier molecular flexibility index (Phi) is 5.26. The fourth-order valence-electron chi connectivity index (χ4n) is 3.42. The van der Waals surface area contributed by atoms with Crippen LogP contribution < -0.4 is 10.9 Å². The summed E-state index contributed by atoms with van der Waals surface area (Å²) in [4.78, 5) is 29.3. The maximum Gasteiger partial charge on any atom is 0.349 e. The minimum atomic E-state index is -0.649. The van der Waals surface area contributed by atoms with Crippen LogP contribution in [0.5, 0.6) is 0 Å². The summed E-state index contributed by atoms with van der Waals surface area (Å²) in [6.45, 7) is 4.23. The molecule has 0 radical (unpaired) electrons. The summed E-state index contributed by atoms with van der Waals surface area (Å²) in [6, 6.07) is 9.05. The molecule has 8 nitrogen and oxygen atoms in total. The summed E-state index contributed by atoms with van der Waals surface area (Å²) < 4.78 is 10.9. The smallest absolute Gasteiger partial charge is 0.349 e. The normalized spacial score (nSPS) is 16.1. The van der Waals surface area contributed by atoms with Crippen molar-refractivity contribution in [3.8, 4) is 0 Å². The van der Waals surface area contributed by atoms with Crippen molar-refractivity contribution in [1.82, 2.24) is 15.2 Å². The number of aromatic amines is 1. The Morgan fingerprint density at radius 1 is 1.28 bits per heavy atom. The highest BCUT2D eigenvalue weighted by Crippen LogP contribution is 2.28. The third-order valence-electron chi connectivity index (χ3n) is 4.86. The van der Waals surface area contributed by atoms with Crippen LogP contribution in [-0.2, 0) is 11.2 Å². The number of anilines is 1. The van der Waals surface area contributed by atoms with Crippen LogP contribution in [0.15, 0.2) is 39.5 Å². The molecule has 0 aliphatic carbocycles. The molecule has 1 amide bonds. The molecule has 1 aromatic carbocycles. The highest BCUT2D eigenvalue weighted by molar-refractivity contribution is 6.04. The topological polar surface area (TPSA) is 110 Å². The second-order valence-electron chi connectivity index (χ2n) is 7.16. The Labute approximate surface area is 167 Å². The van der Waals surface area contributed by atoms with Gasteiger partial charge in [-0.2, -0.15) is 5.10 Å². The Morgan fingerprint density at radius 3 is 2.69 bits per heavy atom. The van der Waals surface area contributed by atoms with Crippen molar-refractivity contribution in [2.45, 2.75) is 39.2 Å². The van der Waals surface area contributed by atoms with Gasteiger partial charge in [-0.05, 0) is 56.0 Å². The van der Waals surface area contributed by atoms with Gasteiger partial charge in [-0.1, -0.05) is 12.1 Å². The van der Waals surface area contributed by atoms with E-state index in [0.29, 0.717) is 35.9 Å². The fraction of sp³-hybridized carbons (Fsp3) is 0.333. The molecule has 29 heavy (non-hydrogen) atoms. The third kappa shape index (κ3) is 4.27. The molecule has 1 unspecified atom stereocenters. The Balaban J connectivity index is 1.46. The molecule has 1 atom stereocenters. The number of nitrogens with zero attached hydrogens (tertiary/aromatic N) is 2. The summed E-state index contributed by atoms with van der Waals surface area (Å²) in [6.07, 6.45) is 2.12. The quantitative estimate of drug-likeness (QED) is 0.688. The number of aryl methyl sites for hydroxylation is 2. The molecule has 0 bridgehead atoms. The number of nitrogens with one attached hydrogen (secondary N) is 2. The first kappa shape index (κ1) is 19.1. The number of carbonyl (C=O) groups excluding carboxylic acids is 1. The van der Waals surface area contributed by atoms with E-state index in [1.165, 1.54) is 0 Å². The lowest BCUT2D eigenvalue weighted by molar-refractivity contribution is 0.0895. The number of H-pyrrole nitrogens is 1. The van der Waals surface area contributed by atoms with Gasteiger partial charge in [0.25, 0.3) is 5.91 Å². The standard InChI is InChI=1S/C21H22N4O4/c1-12-10-17(16-4-3-9-28-16)29-21(27)19(12)20(26)23-15-7-5-14(6-8-15)11-18-22-13(2)24-25-18/h5-8,10,16H,3-4,9,11H2,1-2H3,(H,23,26)(H,22,24,25). The zero-order valence-electron chi connectivity index (χ0n) is 16.3. The van der Waals surface area contributed by atoms with Gasteiger partial charge >= 0.3 is 5.63 Å². The van der Waals surface area contributed by atoms with E-state index in [1.807, 2.05) is 19.1 Å². The average Bonchev–Trinajstić information content (AvgIpc) is 3.35. The SMILES string of the molecule is Cc1nc(Cc2ccc(NC(=O)c3c(C)cc(C4CCCO4)oc3=O)cc2)n[nH]1. The van der Waals surface area contributed by atoms with E-state index >= 15 is 0 Å². The van der Waals surface area contributed by atoms with Gasteiger partial charge in [0.2, 0.25) is 0 Å². The van der Waals surface area contributed by atoms with Gasteiger partial charge in [0, 0.05) is 18.7 Å². The number of amides is 1. The van der Waals surface area contributed by atoms with E-state index in [0.717, 1.165) is 24.2 Å². The summed E-state index contributed by atoms with van der Waals surface area (Å²) >= 11 is 0. The number of hydrogen-bond acceptors (Lipinski definition) is 6. The summed E-state index contributed by atoms with van der Waals surface area (Å²) in [5.74, 6) is 1.46. The van der Waals surface area contributed by atoms with Crippen LogP contribution >= 0.6 is 0 Å². The molecule has 1 aliphatic rings. The highest BCUT2D eigenvalue weighted by Gasteiger charge is 2.24. The number of ether oxygens (including phenoxy) is 1. The molecule has 1 fully saturated rings. The molecule has 1 aliphatic heterocycles. The summed E-state index contributed by atoms with van der Waals surface area (Å²) in [5, 5.41) is 9.69. The minimum absolute atomic E-state index is 0.00650. The summed E-state index contributed by atoms with van der Waals surface area (Å²) in [5.41, 5.74) is 1.53. The maximum atomic E-state index is 12.6. The molecule has 3 aromatic rings. The number of rotatable bonds is 5. The van der Waals surface area contributed by atoms with Crippen LogP contribution in [0.3, 0.4) is 0 Å². The number of hydrogen-bond donors (Lipinski definition) is 2. The lowest BCUT2D eigenvalue weighted by Crippen LogP contribution is -2.23. The second-order valence-corrected chi connectivity index (χ2v) is 7.16. The van der Waals surface area contributed by atoms with Crippen molar-refractivity contribution in [2.75, 3.05) is 11.9 Å². The second kappa shape index (κ2) is 8.00. The third-order valence-corrected chi connectivity index (χ3v) is 4.86. The Hall–Kier alpha value is -3.26. The van der Waals surface area contributed by atoms with E-state index < -0.39 is 11.5 Å². The van der Waals surface area contributed by atoms with E-state index in [-0.39, 0.29) is 11.7 Å². The number of aromatic nitrogens is 3. The lowest BCUT2D eigenvalue weighted by Gasteiger charge is -2.11. The molecule has 8 heteroatoms. The van der Waals surface area contributed by atoms with Crippen molar-refractivity contribution < 1.29 is 13.9 Å². The Bertz CT molecular complexity index is 1080. The first-order valence-electron chi connectivity index (χ1n) is 9.54. The molecular weight excluding hydrogens is 372 g/mol. The van der Waals surface area contributed by atoms with Crippen LogP contribution in [0.25, 0.3) is 0 Å². The number of carbonyl (C=O) groups is 1. The van der Waals surface area contributed by atoms with Crippen molar-refractivity contribution in [3.63, 3.8) is 0 Å². The predicted molar refractivity (Wildman–Crippen MR) is 106 cm³/mol. The van der Waals surface area contributed by atoms with E-state index in [4.69, 9.17) is 9.15 Å². The summed E-state index contributed by atoms with van der Waals surface area (Å²) in [7, 11) is 0. The maximum absolute atomic E-state index is 12.6. The van der Waals surface area contributed by atoms with Crippen LogP contribution in [-0.4, -0.2) is 27.7 Å². The van der Waals surface area contributed by atoms with Crippen LogP contribution in [0, 0.1) is 13.8 Å². The van der Waals surface area contributed by atoms with Gasteiger partial charge in [-0.25, -0.2) is 9.78 Å². The Morgan fingerprint density at radius 2 is 2.07 bits per heavy atom. The lowest BCUT2D eigenvalue weighted by atomic mass is 10.1. The minimum Gasteiger partial charge on any atom is -0.424 e. The monoisotopic (exact) mass is 394 g/mol. The molecule has 3 heterocycles. The van der Waals surface area contributed by atoms with Crippen molar-refractivity contribution in [2.24, 2.45) is 0 Å². The average molecular weight is 394 g/mol. The van der Waals surface area contributed by atoms with Crippen LogP contribution in [0.4, 0.5) is 5.69 Å². The molecule has 0 spiro atoms. The van der Waals surface area contributed by atoms with Crippen LogP contribution in [0.1, 0.15) is 57.8 Å². The first-order chi connectivity index (χ1) is 14.0. The molecule has 2 N–H and O–H groups in total. The van der Waals surface area contributed by atoms with Crippen molar-refractivity contribution in [1.29, 1.82) is 0 Å². The zero-order chi connectivity index (χ0) is 20.4. The fourth-order valence-corrected chi connectivity index (χ4v) is 3.42. The van der Waals surface area contributed by atoms with Crippen molar-refractivity contribution >= 4 is 11.6 Å². The molecular formula is C21H22N4O4. The molecule has 1 saturated heterocycles. The van der Waals surface area contributed by atoms with Gasteiger partial charge in [-0.15, -0.1) is 0 Å². The molecule has 4 rings (SSSR count). The predicted octanol–water partition coefficient (Wildman–Crippen LogP) is 3.07. The van der Waals surface area contributed by atoms with Gasteiger partial charge in [0.15, 0.2) is 5.82 Å². The van der Waals surface area contributed by atoms with Crippen molar-refractivity contribution in [3.05, 3.63) is 74.9 Å². The van der Waals surface area contributed by atoms with E-state index in [1.54, 1.807) is 25.1 Å². The van der Waals surface area contributed by atoms with E-state index in [2.05, 4.69) is 20.5 Å².